The second-order valence-corrected chi connectivity index (χ2v) is 5.34. The van der Waals surface area contributed by atoms with E-state index >= 15 is 0 Å². The molecule has 1 atom stereocenters. The fourth-order valence-electron chi connectivity index (χ4n) is 2.48. The van der Waals surface area contributed by atoms with Crippen LogP contribution >= 0.6 is 0 Å². The van der Waals surface area contributed by atoms with Gasteiger partial charge < -0.3 is 20.1 Å². The zero-order valence-electron chi connectivity index (χ0n) is 12.4. The van der Waals surface area contributed by atoms with Gasteiger partial charge in [-0.05, 0) is 30.5 Å². The first-order valence-corrected chi connectivity index (χ1v) is 7.38. The van der Waals surface area contributed by atoms with Crippen molar-refractivity contribution >= 4 is 17.8 Å². The van der Waals surface area contributed by atoms with Crippen molar-refractivity contribution in [1.29, 1.82) is 0 Å². The summed E-state index contributed by atoms with van der Waals surface area (Å²) in [6.45, 7) is 0.649. The van der Waals surface area contributed by atoms with Crippen molar-refractivity contribution in [2.45, 2.75) is 25.3 Å². The van der Waals surface area contributed by atoms with E-state index in [4.69, 9.17) is 9.47 Å². The highest BCUT2D eigenvalue weighted by molar-refractivity contribution is 5.98. The van der Waals surface area contributed by atoms with E-state index in [1.165, 1.54) is 0 Å². The minimum absolute atomic E-state index is 0.138. The number of nitrogens with one attached hydrogen (secondary N) is 3. The van der Waals surface area contributed by atoms with Crippen LogP contribution < -0.4 is 25.4 Å². The summed E-state index contributed by atoms with van der Waals surface area (Å²) in [7, 11) is 0. The van der Waals surface area contributed by atoms with Crippen molar-refractivity contribution in [3.8, 4) is 11.5 Å². The normalized spacial score (nSPS) is 19.6. The van der Waals surface area contributed by atoms with Crippen LogP contribution in [0.2, 0.25) is 0 Å². The quantitative estimate of drug-likeness (QED) is 0.728. The number of amides is 4. The van der Waals surface area contributed by atoms with Crippen LogP contribution in [-0.2, 0) is 16.0 Å². The maximum absolute atomic E-state index is 12.1. The molecule has 2 aliphatic heterocycles. The van der Waals surface area contributed by atoms with Gasteiger partial charge in [-0.3, -0.25) is 14.9 Å². The molecular weight excluding hydrogens is 302 g/mol. The van der Waals surface area contributed by atoms with Gasteiger partial charge in [-0.2, -0.15) is 0 Å². The number of hydrogen-bond donors (Lipinski definition) is 3. The molecule has 8 heteroatoms. The van der Waals surface area contributed by atoms with Crippen molar-refractivity contribution in [2.75, 3.05) is 13.3 Å². The third-order valence-electron chi connectivity index (χ3n) is 3.68. The molecule has 23 heavy (non-hydrogen) atoms. The molecule has 1 aromatic carbocycles. The zero-order valence-corrected chi connectivity index (χ0v) is 12.4. The summed E-state index contributed by atoms with van der Waals surface area (Å²) in [6.07, 6.45) is 1.05. The van der Waals surface area contributed by atoms with Gasteiger partial charge in [-0.15, -0.1) is 0 Å². The first kappa shape index (κ1) is 15.1. The molecule has 1 fully saturated rings. The molecule has 0 aliphatic carbocycles. The first-order chi connectivity index (χ1) is 11.1. The minimum Gasteiger partial charge on any atom is -0.454 e. The molecule has 0 saturated carbocycles. The Labute approximate surface area is 132 Å². The van der Waals surface area contributed by atoms with Gasteiger partial charge in [-0.25, -0.2) is 4.79 Å². The zero-order chi connectivity index (χ0) is 16.2. The van der Waals surface area contributed by atoms with E-state index in [0.717, 1.165) is 11.3 Å². The Morgan fingerprint density at radius 2 is 2.09 bits per heavy atom. The van der Waals surface area contributed by atoms with Crippen LogP contribution in [0.4, 0.5) is 4.79 Å². The second-order valence-electron chi connectivity index (χ2n) is 5.34. The summed E-state index contributed by atoms with van der Waals surface area (Å²) in [4.78, 5) is 34.7. The number of carbonyl (C=O) groups excluding carboxylic acids is 3. The fourth-order valence-corrected chi connectivity index (χ4v) is 2.48. The highest BCUT2D eigenvalue weighted by Crippen LogP contribution is 2.32. The van der Waals surface area contributed by atoms with Crippen LogP contribution in [0.1, 0.15) is 18.4 Å². The summed E-state index contributed by atoms with van der Waals surface area (Å²) in [6, 6.07) is 4.30. The standard InChI is InChI=1S/C15H17N3O5/c19-13-4-2-10(17-15(21)18-13)14(20)16-6-5-9-1-3-11-12(7-9)23-8-22-11/h1,3,7,10H,2,4-6,8H2,(H,16,20)(H2,17,18,19,21)/t10-/m0/s1. The molecule has 1 aromatic rings. The molecule has 3 rings (SSSR count). The number of hydrogen-bond acceptors (Lipinski definition) is 5. The summed E-state index contributed by atoms with van der Waals surface area (Å²) < 4.78 is 10.5. The Bertz CT molecular complexity index is 646. The molecule has 0 bridgehead atoms. The van der Waals surface area contributed by atoms with E-state index in [-0.39, 0.29) is 31.4 Å². The number of ether oxygens (including phenoxy) is 2. The van der Waals surface area contributed by atoms with E-state index in [9.17, 15) is 14.4 Å². The van der Waals surface area contributed by atoms with Crippen LogP contribution in [0, 0.1) is 0 Å². The third-order valence-corrected chi connectivity index (χ3v) is 3.68. The second kappa shape index (κ2) is 6.55. The molecule has 2 heterocycles. The lowest BCUT2D eigenvalue weighted by Gasteiger charge is -2.14. The Morgan fingerprint density at radius 3 is 2.96 bits per heavy atom. The molecular formula is C15H17N3O5. The monoisotopic (exact) mass is 319 g/mol. The van der Waals surface area contributed by atoms with Crippen LogP contribution in [0.3, 0.4) is 0 Å². The lowest BCUT2D eigenvalue weighted by Crippen LogP contribution is -2.48. The number of rotatable bonds is 4. The summed E-state index contributed by atoms with van der Waals surface area (Å²) >= 11 is 0. The van der Waals surface area contributed by atoms with Crippen molar-refractivity contribution < 1.29 is 23.9 Å². The summed E-state index contributed by atoms with van der Waals surface area (Å²) in [5, 5.41) is 7.38. The maximum Gasteiger partial charge on any atom is 0.322 e. The number of imide groups is 1. The molecule has 122 valence electrons. The van der Waals surface area contributed by atoms with Crippen molar-refractivity contribution in [1.82, 2.24) is 16.0 Å². The van der Waals surface area contributed by atoms with Crippen LogP contribution in [0.15, 0.2) is 18.2 Å². The molecule has 0 radical (unpaired) electrons. The van der Waals surface area contributed by atoms with E-state index in [2.05, 4.69) is 16.0 Å². The van der Waals surface area contributed by atoms with Crippen molar-refractivity contribution in [2.24, 2.45) is 0 Å². The molecule has 3 N–H and O–H groups in total. The van der Waals surface area contributed by atoms with E-state index in [1.807, 2.05) is 18.2 Å². The van der Waals surface area contributed by atoms with E-state index in [1.54, 1.807) is 0 Å². The topological polar surface area (TPSA) is 106 Å². The Morgan fingerprint density at radius 1 is 1.26 bits per heavy atom. The largest absolute Gasteiger partial charge is 0.454 e. The van der Waals surface area contributed by atoms with Crippen LogP contribution in [-0.4, -0.2) is 37.2 Å². The third kappa shape index (κ3) is 3.71. The van der Waals surface area contributed by atoms with Gasteiger partial charge in [-0.1, -0.05) is 6.07 Å². The molecule has 2 aliphatic rings. The predicted molar refractivity (Wildman–Crippen MR) is 79.0 cm³/mol. The van der Waals surface area contributed by atoms with E-state index < -0.39 is 12.1 Å². The summed E-state index contributed by atoms with van der Waals surface area (Å²) in [5.74, 6) is 0.749. The number of urea groups is 1. The van der Waals surface area contributed by atoms with E-state index in [0.29, 0.717) is 18.7 Å². The first-order valence-electron chi connectivity index (χ1n) is 7.38. The van der Waals surface area contributed by atoms with Gasteiger partial charge in [0, 0.05) is 13.0 Å². The number of benzene rings is 1. The smallest absolute Gasteiger partial charge is 0.322 e. The average molecular weight is 319 g/mol. The SMILES string of the molecule is O=C1CC[C@@H](C(=O)NCCc2ccc3c(c2)OCO3)NC(=O)N1. The fraction of sp³-hybridized carbons (Fsp3) is 0.400. The number of fused-ring (bicyclic) bond motifs is 1. The van der Waals surface area contributed by atoms with Gasteiger partial charge in [0.1, 0.15) is 6.04 Å². The highest BCUT2D eigenvalue weighted by atomic mass is 16.7. The maximum atomic E-state index is 12.1. The summed E-state index contributed by atoms with van der Waals surface area (Å²) in [5.41, 5.74) is 1.01. The minimum atomic E-state index is -0.696. The molecule has 0 spiro atoms. The lowest BCUT2D eigenvalue weighted by molar-refractivity contribution is -0.123. The molecule has 0 unspecified atom stereocenters. The average Bonchev–Trinajstić information content (AvgIpc) is 2.91. The van der Waals surface area contributed by atoms with Gasteiger partial charge in [0.25, 0.3) is 0 Å². The van der Waals surface area contributed by atoms with Gasteiger partial charge in [0.2, 0.25) is 18.6 Å². The number of carbonyl (C=O) groups is 3. The highest BCUT2D eigenvalue weighted by Gasteiger charge is 2.25. The van der Waals surface area contributed by atoms with Crippen LogP contribution in [0.5, 0.6) is 11.5 Å². The molecule has 0 aromatic heterocycles. The van der Waals surface area contributed by atoms with Gasteiger partial charge in [0.15, 0.2) is 11.5 Å². The van der Waals surface area contributed by atoms with Gasteiger partial charge >= 0.3 is 6.03 Å². The van der Waals surface area contributed by atoms with Crippen molar-refractivity contribution in [3.63, 3.8) is 0 Å². The molecule has 1 saturated heterocycles. The van der Waals surface area contributed by atoms with Crippen molar-refractivity contribution in [3.05, 3.63) is 23.8 Å². The van der Waals surface area contributed by atoms with Crippen LogP contribution in [0.25, 0.3) is 0 Å². The Kier molecular flexibility index (Phi) is 4.31. The molecule has 4 amide bonds. The lowest BCUT2D eigenvalue weighted by atomic mass is 10.1. The molecule has 8 nitrogen and oxygen atoms in total. The Balaban J connectivity index is 1.49. The Hall–Kier alpha value is -2.77. The van der Waals surface area contributed by atoms with Gasteiger partial charge in [0.05, 0.1) is 0 Å². The predicted octanol–water partition coefficient (Wildman–Crippen LogP) is 0.0622.